The fraction of sp³-hybridized carbons (Fsp3) is 0.650. The first-order chi connectivity index (χ1) is 13.4. The first-order valence-electron chi connectivity index (χ1n) is 9.96. The minimum Gasteiger partial charge on any atom is -0.493 e. The lowest BCUT2D eigenvalue weighted by Crippen LogP contribution is -2.51. The Labute approximate surface area is 168 Å². The van der Waals surface area contributed by atoms with Gasteiger partial charge in [-0.3, -0.25) is 4.79 Å². The molecule has 0 spiro atoms. The van der Waals surface area contributed by atoms with Gasteiger partial charge in [0, 0.05) is 32.6 Å². The highest BCUT2D eigenvalue weighted by Crippen LogP contribution is 2.28. The third-order valence-electron chi connectivity index (χ3n) is 4.90. The molecule has 28 heavy (non-hydrogen) atoms. The van der Waals surface area contributed by atoms with Crippen molar-refractivity contribution >= 4 is 15.9 Å². The molecule has 0 N–H and O–H groups in total. The van der Waals surface area contributed by atoms with Gasteiger partial charge in [-0.15, -0.1) is 0 Å². The molecule has 0 radical (unpaired) electrons. The van der Waals surface area contributed by atoms with E-state index >= 15 is 0 Å². The molecule has 2 rings (SSSR count). The molecule has 1 amide bonds. The molecular formula is C20H32N2O5S. The smallest absolute Gasteiger partial charge is 0.222 e. The molecule has 0 aromatic heterocycles. The van der Waals surface area contributed by atoms with Crippen LogP contribution in [0.1, 0.15) is 38.7 Å². The maximum atomic E-state index is 12.5. The van der Waals surface area contributed by atoms with Crippen LogP contribution in [0.2, 0.25) is 0 Å². The Morgan fingerprint density at radius 1 is 1.11 bits per heavy atom. The summed E-state index contributed by atoms with van der Waals surface area (Å²) in [6.45, 7) is 6.14. The summed E-state index contributed by atoms with van der Waals surface area (Å²) in [6, 6.07) is 5.71. The molecule has 1 saturated heterocycles. The van der Waals surface area contributed by atoms with E-state index in [9.17, 15) is 13.2 Å². The number of hydrogen-bond acceptors (Lipinski definition) is 5. The van der Waals surface area contributed by atoms with E-state index in [-0.39, 0.29) is 11.7 Å². The summed E-state index contributed by atoms with van der Waals surface area (Å²) in [4.78, 5) is 14.3. The van der Waals surface area contributed by atoms with Gasteiger partial charge < -0.3 is 14.4 Å². The van der Waals surface area contributed by atoms with Crippen LogP contribution in [0.25, 0.3) is 0 Å². The molecule has 0 unspecified atom stereocenters. The van der Waals surface area contributed by atoms with Gasteiger partial charge >= 0.3 is 0 Å². The second kappa shape index (κ2) is 10.7. The summed E-state index contributed by atoms with van der Waals surface area (Å²) < 4.78 is 36.9. The molecule has 1 aliphatic rings. The Kier molecular flexibility index (Phi) is 8.57. The van der Waals surface area contributed by atoms with Crippen molar-refractivity contribution in [2.75, 3.05) is 45.6 Å². The lowest BCUT2D eigenvalue weighted by atomic mass is 10.1. The maximum absolute atomic E-state index is 12.5. The van der Waals surface area contributed by atoms with E-state index in [0.717, 1.165) is 12.0 Å². The maximum Gasteiger partial charge on any atom is 0.222 e. The van der Waals surface area contributed by atoms with Crippen LogP contribution in [0.15, 0.2) is 18.2 Å². The number of methoxy groups -OCH3 is 1. The summed E-state index contributed by atoms with van der Waals surface area (Å²) >= 11 is 0. The molecular weight excluding hydrogens is 380 g/mol. The van der Waals surface area contributed by atoms with Gasteiger partial charge in [0.25, 0.3) is 0 Å². The van der Waals surface area contributed by atoms with Gasteiger partial charge in [-0.05, 0) is 37.5 Å². The molecule has 1 fully saturated rings. The van der Waals surface area contributed by atoms with Crippen LogP contribution in [-0.4, -0.2) is 69.2 Å². The van der Waals surface area contributed by atoms with Crippen molar-refractivity contribution < 1.29 is 22.7 Å². The predicted octanol–water partition coefficient (Wildman–Crippen LogP) is 2.30. The number of amides is 1. The third kappa shape index (κ3) is 6.10. The lowest BCUT2D eigenvalue weighted by Gasteiger charge is -2.34. The molecule has 8 heteroatoms. The SMILES string of the molecule is CCCCS(=O)(=O)N1CCN(C(=O)CCc2ccc(OCC)c(OC)c2)CC1. The number of piperazine rings is 1. The molecule has 158 valence electrons. The summed E-state index contributed by atoms with van der Waals surface area (Å²) in [5.74, 6) is 1.61. The molecule has 1 aromatic rings. The number of unbranched alkanes of at least 4 members (excludes halogenated alkanes) is 1. The number of benzene rings is 1. The minimum absolute atomic E-state index is 0.0541. The van der Waals surface area contributed by atoms with Gasteiger partial charge in [0.1, 0.15) is 0 Å². The number of ether oxygens (including phenoxy) is 2. The molecule has 0 bridgehead atoms. The van der Waals surface area contributed by atoms with Crippen molar-refractivity contribution in [2.45, 2.75) is 39.5 Å². The normalized spacial score (nSPS) is 15.5. The van der Waals surface area contributed by atoms with Crippen molar-refractivity contribution in [1.29, 1.82) is 0 Å². The van der Waals surface area contributed by atoms with Crippen LogP contribution in [0.5, 0.6) is 11.5 Å². The van der Waals surface area contributed by atoms with E-state index in [4.69, 9.17) is 9.47 Å². The zero-order valence-corrected chi connectivity index (χ0v) is 18.0. The minimum atomic E-state index is -3.20. The van der Waals surface area contributed by atoms with Gasteiger partial charge in [0.05, 0.1) is 19.5 Å². The number of rotatable bonds is 10. The van der Waals surface area contributed by atoms with Crippen LogP contribution in [-0.2, 0) is 21.2 Å². The zero-order chi connectivity index (χ0) is 20.6. The van der Waals surface area contributed by atoms with Crippen LogP contribution >= 0.6 is 0 Å². The summed E-state index contributed by atoms with van der Waals surface area (Å²) in [7, 11) is -1.60. The summed E-state index contributed by atoms with van der Waals surface area (Å²) in [6.07, 6.45) is 2.53. The highest BCUT2D eigenvalue weighted by molar-refractivity contribution is 7.89. The van der Waals surface area contributed by atoms with Crippen molar-refractivity contribution in [3.63, 3.8) is 0 Å². The largest absolute Gasteiger partial charge is 0.493 e. The van der Waals surface area contributed by atoms with Crippen LogP contribution < -0.4 is 9.47 Å². The van der Waals surface area contributed by atoms with Crippen molar-refractivity contribution in [3.05, 3.63) is 23.8 Å². The van der Waals surface area contributed by atoms with E-state index in [1.165, 1.54) is 4.31 Å². The molecule has 7 nitrogen and oxygen atoms in total. The van der Waals surface area contributed by atoms with Crippen LogP contribution in [0.3, 0.4) is 0 Å². The van der Waals surface area contributed by atoms with Gasteiger partial charge in [-0.25, -0.2) is 8.42 Å². The van der Waals surface area contributed by atoms with Crippen molar-refractivity contribution in [3.8, 4) is 11.5 Å². The van der Waals surface area contributed by atoms with E-state index in [1.54, 1.807) is 12.0 Å². The lowest BCUT2D eigenvalue weighted by molar-refractivity contribution is -0.132. The highest BCUT2D eigenvalue weighted by Gasteiger charge is 2.28. The Morgan fingerprint density at radius 3 is 2.43 bits per heavy atom. The number of sulfonamides is 1. The highest BCUT2D eigenvalue weighted by atomic mass is 32.2. The molecule has 1 heterocycles. The van der Waals surface area contributed by atoms with Gasteiger partial charge in [0.15, 0.2) is 11.5 Å². The second-order valence-electron chi connectivity index (χ2n) is 6.87. The fourth-order valence-electron chi connectivity index (χ4n) is 3.22. The van der Waals surface area contributed by atoms with Crippen molar-refractivity contribution in [1.82, 2.24) is 9.21 Å². The van der Waals surface area contributed by atoms with E-state index in [2.05, 4.69) is 0 Å². The Bertz CT molecular complexity index is 743. The van der Waals surface area contributed by atoms with Gasteiger partial charge in [-0.1, -0.05) is 19.4 Å². The molecule has 0 atom stereocenters. The zero-order valence-electron chi connectivity index (χ0n) is 17.1. The standard InChI is InChI=1S/C20H32N2O5S/c1-4-6-15-28(24,25)22-13-11-21(12-14-22)20(23)10-8-17-7-9-18(27-5-2)19(16-17)26-3/h7,9,16H,4-6,8,10-15H2,1-3H3. The second-order valence-corrected chi connectivity index (χ2v) is 8.96. The number of carbonyl (C=O) groups excluding carboxylic acids is 1. The molecule has 0 aliphatic carbocycles. The molecule has 0 saturated carbocycles. The average Bonchev–Trinajstić information content (AvgIpc) is 2.71. The number of hydrogen-bond donors (Lipinski definition) is 0. The average molecular weight is 413 g/mol. The Hall–Kier alpha value is -1.80. The summed E-state index contributed by atoms with van der Waals surface area (Å²) in [5, 5.41) is 0. The van der Waals surface area contributed by atoms with Crippen LogP contribution in [0, 0.1) is 0 Å². The summed E-state index contributed by atoms with van der Waals surface area (Å²) in [5.41, 5.74) is 1.01. The monoisotopic (exact) mass is 412 g/mol. The van der Waals surface area contributed by atoms with Crippen molar-refractivity contribution in [2.24, 2.45) is 0 Å². The van der Waals surface area contributed by atoms with E-state index in [0.29, 0.717) is 63.5 Å². The van der Waals surface area contributed by atoms with E-state index in [1.807, 2.05) is 32.0 Å². The number of nitrogens with zero attached hydrogens (tertiary/aromatic N) is 2. The number of carbonyl (C=O) groups is 1. The topological polar surface area (TPSA) is 76.2 Å². The molecule has 1 aliphatic heterocycles. The fourth-order valence-corrected chi connectivity index (χ4v) is 4.85. The van der Waals surface area contributed by atoms with Gasteiger partial charge in [0.2, 0.25) is 15.9 Å². The Balaban J connectivity index is 1.85. The molecule has 1 aromatic carbocycles. The predicted molar refractivity (Wildman–Crippen MR) is 109 cm³/mol. The third-order valence-corrected chi connectivity index (χ3v) is 6.85. The first kappa shape index (κ1) is 22.5. The van der Waals surface area contributed by atoms with E-state index < -0.39 is 10.0 Å². The first-order valence-corrected chi connectivity index (χ1v) is 11.6. The Morgan fingerprint density at radius 2 is 1.82 bits per heavy atom. The number of aryl methyl sites for hydroxylation is 1. The quantitative estimate of drug-likeness (QED) is 0.589. The van der Waals surface area contributed by atoms with Crippen LogP contribution in [0.4, 0.5) is 0 Å². The van der Waals surface area contributed by atoms with Gasteiger partial charge in [-0.2, -0.15) is 4.31 Å².